The van der Waals surface area contributed by atoms with Crippen molar-refractivity contribution >= 4 is 34.8 Å². The molecule has 0 fully saturated rings. The van der Waals surface area contributed by atoms with Gasteiger partial charge in [-0.3, -0.25) is 0 Å². The molecular weight excluding hydrogens is 320 g/mol. The van der Waals surface area contributed by atoms with E-state index in [1.165, 1.54) is 12.1 Å². The molecule has 0 aliphatic carbocycles. The molecule has 0 bridgehead atoms. The van der Waals surface area contributed by atoms with Crippen molar-refractivity contribution in [2.24, 2.45) is 0 Å². The number of halogens is 4. The Morgan fingerprint density at radius 2 is 1.75 bits per heavy atom. The number of rotatable bonds is 4. The van der Waals surface area contributed by atoms with Gasteiger partial charge >= 0.3 is 0 Å². The molecule has 1 N–H and O–H groups in total. The minimum Gasteiger partial charge on any atom is -0.313 e. The number of nitrogens with one attached hydrogen (secondary N) is 1. The molecule has 2 aromatic carbocycles. The first kappa shape index (κ1) is 15.6. The van der Waals surface area contributed by atoms with Crippen molar-refractivity contribution in [3.05, 3.63) is 68.4 Å². The molecule has 5 heteroatoms. The quantitative estimate of drug-likeness (QED) is 0.802. The predicted molar refractivity (Wildman–Crippen MR) is 83.4 cm³/mol. The molecule has 1 unspecified atom stereocenters. The topological polar surface area (TPSA) is 12.0 Å². The summed E-state index contributed by atoms with van der Waals surface area (Å²) in [7, 11) is 1.78. The molecule has 0 radical (unpaired) electrons. The average Bonchev–Trinajstić information content (AvgIpc) is 2.41. The van der Waals surface area contributed by atoms with Crippen molar-refractivity contribution in [1.82, 2.24) is 5.32 Å². The maximum atomic E-state index is 13.8. The second kappa shape index (κ2) is 6.77. The van der Waals surface area contributed by atoms with Gasteiger partial charge in [-0.25, -0.2) is 4.39 Å². The van der Waals surface area contributed by atoms with Crippen LogP contribution in [0.15, 0.2) is 36.4 Å². The summed E-state index contributed by atoms with van der Waals surface area (Å²) in [6.45, 7) is 0. The van der Waals surface area contributed by atoms with Crippen LogP contribution >= 0.6 is 34.8 Å². The van der Waals surface area contributed by atoms with Crippen LogP contribution in [0.3, 0.4) is 0 Å². The molecule has 106 valence electrons. The van der Waals surface area contributed by atoms with Gasteiger partial charge in [-0.05, 0) is 49.4 Å². The Hall–Kier alpha value is -0.800. The van der Waals surface area contributed by atoms with E-state index in [0.717, 1.165) is 5.56 Å². The zero-order chi connectivity index (χ0) is 14.7. The van der Waals surface area contributed by atoms with Gasteiger partial charge in [0, 0.05) is 26.7 Å². The third-order valence-electron chi connectivity index (χ3n) is 3.13. The first-order chi connectivity index (χ1) is 9.52. The summed E-state index contributed by atoms with van der Waals surface area (Å²) in [4.78, 5) is 0. The fraction of sp³-hybridized carbons (Fsp3) is 0.200. The van der Waals surface area contributed by atoms with Crippen molar-refractivity contribution in [3.8, 4) is 0 Å². The largest absolute Gasteiger partial charge is 0.313 e. The highest BCUT2D eigenvalue weighted by atomic mass is 35.5. The third kappa shape index (κ3) is 3.44. The maximum Gasteiger partial charge on any atom is 0.126 e. The maximum absolute atomic E-state index is 13.8. The number of likely N-dealkylation sites (N-methyl/N-ethyl adjacent to an activating group) is 1. The summed E-state index contributed by atoms with van der Waals surface area (Å²) in [5.41, 5.74) is 1.28. The molecule has 1 atom stereocenters. The van der Waals surface area contributed by atoms with Crippen LogP contribution in [0.1, 0.15) is 17.2 Å². The van der Waals surface area contributed by atoms with E-state index in [1.54, 1.807) is 31.3 Å². The first-order valence-electron chi connectivity index (χ1n) is 6.08. The van der Waals surface area contributed by atoms with E-state index >= 15 is 0 Å². The highest BCUT2D eigenvalue weighted by Gasteiger charge is 2.18. The van der Waals surface area contributed by atoms with E-state index in [4.69, 9.17) is 34.8 Å². The van der Waals surface area contributed by atoms with E-state index in [-0.39, 0.29) is 11.9 Å². The molecule has 0 heterocycles. The molecule has 0 amide bonds. The minimum absolute atomic E-state index is 0.191. The normalized spacial score (nSPS) is 12.4. The number of benzene rings is 2. The lowest BCUT2D eigenvalue weighted by molar-refractivity contribution is 0.554. The Morgan fingerprint density at radius 3 is 2.35 bits per heavy atom. The zero-order valence-electron chi connectivity index (χ0n) is 10.8. The van der Waals surface area contributed by atoms with Crippen LogP contribution in [0.25, 0.3) is 0 Å². The fourth-order valence-electron chi connectivity index (χ4n) is 2.11. The molecule has 2 aromatic rings. The van der Waals surface area contributed by atoms with Crippen LogP contribution in [-0.4, -0.2) is 7.05 Å². The van der Waals surface area contributed by atoms with Crippen LogP contribution in [-0.2, 0) is 6.42 Å². The molecule has 1 nitrogen and oxygen atoms in total. The van der Waals surface area contributed by atoms with Crippen LogP contribution in [0.4, 0.5) is 4.39 Å². The van der Waals surface area contributed by atoms with Gasteiger partial charge < -0.3 is 5.32 Å². The second-order valence-corrected chi connectivity index (χ2v) is 5.67. The van der Waals surface area contributed by atoms with Crippen LogP contribution < -0.4 is 5.32 Å². The van der Waals surface area contributed by atoms with Gasteiger partial charge in [-0.15, -0.1) is 0 Å². The Balaban J connectivity index is 2.36. The Kier molecular flexibility index (Phi) is 5.28. The van der Waals surface area contributed by atoms with Crippen molar-refractivity contribution in [3.63, 3.8) is 0 Å². The first-order valence-corrected chi connectivity index (χ1v) is 7.21. The Bertz CT molecular complexity index is 596. The molecule has 0 aliphatic heterocycles. The molecule has 20 heavy (non-hydrogen) atoms. The Labute approximate surface area is 132 Å². The summed E-state index contributed by atoms with van der Waals surface area (Å²) < 4.78 is 13.8. The molecule has 0 saturated carbocycles. The predicted octanol–water partition coefficient (Wildman–Crippen LogP) is 5.29. The van der Waals surface area contributed by atoms with Crippen LogP contribution in [0.5, 0.6) is 0 Å². The summed E-state index contributed by atoms with van der Waals surface area (Å²) in [5, 5.41) is 4.73. The molecule has 0 spiro atoms. The molecule has 0 saturated heterocycles. The Morgan fingerprint density at radius 1 is 1.10 bits per heavy atom. The van der Waals surface area contributed by atoms with Crippen molar-refractivity contribution in [2.75, 3.05) is 7.05 Å². The van der Waals surface area contributed by atoms with E-state index in [0.29, 0.717) is 27.1 Å². The van der Waals surface area contributed by atoms with Crippen LogP contribution in [0, 0.1) is 5.82 Å². The molecular formula is C15H13Cl3FN. The average molecular weight is 333 g/mol. The van der Waals surface area contributed by atoms with Gasteiger partial charge in [0.1, 0.15) is 5.82 Å². The van der Waals surface area contributed by atoms with Gasteiger partial charge in [-0.1, -0.05) is 40.9 Å². The fourth-order valence-corrected chi connectivity index (χ4v) is 2.97. The number of hydrogen-bond donors (Lipinski definition) is 1. The van der Waals surface area contributed by atoms with E-state index in [9.17, 15) is 4.39 Å². The molecule has 0 aromatic heterocycles. The smallest absolute Gasteiger partial charge is 0.126 e. The van der Waals surface area contributed by atoms with E-state index in [2.05, 4.69) is 5.32 Å². The lowest BCUT2D eigenvalue weighted by Crippen LogP contribution is -2.20. The standard InChI is InChI=1S/C15H13Cl3FN/c1-20-14(15-11(17)3-2-4-12(15)18)8-9-7-10(16)5-6-13(9)19/h2-7,14,20H,8H2,1H3. The van der Waals surface area contributed by atoms with Gasteiger partial charge in [0.25, 0.3) is 0 Å². The summed E-state index contributed by atoms with van der Waals surface area (Å²) in [5.74, 6) is -0.294. The third-order valence-corrected chi connectivity index (χ3v) is 4.02. The van der Waals surface area contributed by atoms with Crippen LogP contribution in [0.2, 0.25) is 15.1 Å². The SMILES string of the molecule is CNC(Cc1cc(Cl)ccc1F)c1c(Cl)cccc1Cl. The monoisotopic (exact) mass is 331 g/mol. The zero-order valence-corrected chi connectivity index (χ0v) is 13.0. The van der Waals surface area contributed by atoms with Crippen molar-refractivity contribution in [1.29, 1.82) is 0 Å². The molecule has 0 aliphatic rings. The second-order valence-electron chi connectivity index (χ2n) is 4.42. The summed E-state index contributed by atoms with van der Waals surface area (Å²) >= 11 is 18.3. The summed E-state index contributed by atoms with van der Waals surface area (Å²) in [6, 6.07) is 9.62. The van der Waals surface area contributed by atoms with Gasteiger partial charge in [0.05, 0.1) is 0 Å². The van der Waals surface area contributed by atoms with Crippen molar-refractivity contribution in [2.45, 2.75) is 12.5 Å². The minimum atomic E-state index is -0.294. The van der Waals surface area contributed by atoms with Crippen molar-refractivity contribution < 1.29 is 4.39 Å². The molecule has 2 rings (SSSR count). The van der Waals surface area contributed by atoms with Gasteiger partial charge in [0.15, 0.2) is 0 Å². The van der Waals surface area contributed by atoms with Gasteiger partial charge in [-0.2, -0.15) is 0 Å². The lowest BCUT2D eigenvalue weighted by Gasteiger charge is -2.20. The lowest BCUT2D eigenvalue weighted by atomic mass is 9.98. The van der Waals surface area contributed by atoms with E-state index in [1.807, 2.05) is 0 Å². The highest BCUT2D eigenvalue weighted by molar-refractivity contribution is 6.36. The summed E-state index contributed by atoms with van der Waals surface area (Å²) in [6.07, 6.45) is 0.409. The highest BCUT2D eigenvalue weighted by Crippen LogP contribution is 2.32. The van der Waals surface area contributed by atoms with Gasteiger partial charge in [0.2, 0.25) is 0 Å². The van der Waals surface area contributed by atoms with E-state index < -0.39 is 0 Å². The number of hydrogen-bond acceptors (Lipinski definition) is 1.